The fraction of sp³-hybridized carbons (Fsp3) is 0.118. The van der Waals surface area contributed by atoms with Crippen LogP contribution in [-0.4, -0.2) is 18.2 Å². The molecule has 0 aliphatic heterocycles. The number of nitrogens with zero attached hydrogens (tertiary/aromatic N) is 2. The van der Waals surface area contributed by atoms with Crippen molar-refractivity contribution < 1.29 is 21.6 Å². The first-order chi connectivity index (χ1) is 12.6. The molecule has 0 aliphatic carbocycles. The lowest BCUT2D eigenvalue weighted by atomic mass is 10.1. The first kappa shape index (κ1) is 19.8. The topological polar surface area (TPSA) is 78.0 Å². The van der Waals surface area contributed by atoms with Gasteiger partial charge in [0.2, 0.25) is 10.0 Å². The molecule has 27 heavy (non-hydrogen) atoms. The average Bonchev–Trinajstić information content (AvgIpc) is 3.07. The fourth-order valence-corrected chi connectivity index (χ4v) is 3.49. The predicted octanol–water partition coefficient (Wildman–Crippen LogP) is 4.14. The number of hydrogen-bond acceptors (Lipinski definition) is 3. The van der Waals surface area contributed by atoms with Crippen LogP contribution in [0, 0.1) is 0 Å². The van der Waals surface area contributed by atoms with Crippen LogP contribution in [0.1, 0.15) is 11.3 Å². The molecule has 0 saturated carbocycles. The van der Waals surface area contributed by atoms with Crippen molar-refractivity contribution in [3.05, 3.63) is 65.9 Å². The summed E-state index contributed by atoms with van der Waals surface area (Å²) in [5, 5.41) is 8.73. The minimum Gasteiger partial charge on any atom is -0.233 e. The molecule has 1 heterocycles. The van der Waals surface area contributed by atoms with Gasteiger partial charge in [0, 0.05) is 9.99 Å². The molecular formula is C17H13F3IN3O2S. The number of aromatic nitrogens is 2. The third kappa shape index (κ3) is 4.33. The van der Waals surface area contributed by atoms with Crippen LogP contribution in [0.15, 0.2) is 59.5 Å². The van der Waals surface area contributed by atoms with Crippen LogP contribution < -0.4 is 5.14 Å². The minimum absolute atomic E-state index is 0.137. The van der Waals surface area contributed by atoms with E-state index in [0.29, 0.717) is 5.56 Å². The number of primary sulfonamides is 1. The van der Waals surface area contributed by atoms with E-state index >= 15 is 0 Å². The SMILES string of the molecule is NS(=O)(=O)c1ccc(-n2nc(C(F)(F)F)cc2-c2ccc(CI)cc2)cc1. The molecule has 2 aromatic carbocycles. The molecule has 10 heteroatoms. The second-order valence-corrected chi connectivity index (χ2v) is 8.02. The Morgan fingerprint density at radius 3 is 2.11 bits per heavy atom. The summed E-state index contributed by atoms with van der Waals surface area (Å²) in [4.78, 5) is -0.137. The number of sulfonamides is 1. The Balaban J connectivity index is 2.14. The van der Waals surface area contributed by atoms with E-state index in [-0.39, 0.29) is 16.3 Å². The van der Waals surface area contributed by atoms with Gasteiger partial charge in [-0.3, -0.25) is 0 Å². The van der Waals surface area contributed by atoms with Crippen LogP contribution in [-0.2, 0) is 20.6 Å². The Labute approximate surface area is 167 Å². The largest absolute Gasteiger partial charge is 0.435 e. The molecule has 0 saturated heterocycles. The highest BCUT2D eigenvalue weighted by Gasteiger charge is 2.35. The van der Waals surface area contributed by atoms with Crippen LogP contribution >= 0.6 is 22.6 Å². The molecule has 0 aliphatic rings. The van der Waals surface area contributed by atoms with Gasteiger partial charge in [-0.15, -0.1) is 0 Å². The van der Waals surface area contributed by atoms with Gasteiger partial charge in [0.15, 0.2) is 5.69 Å². The molecule has 0 unspecified atom stereocenters. The van der Waals surface area contributed by atoms with Crippen molar-refractivity contribution in [2.24, 2.45) is 5.14 Å². The molecule has 3 aromatic rings. The van der Waals surface area contributed by atoms with Crippen molar-refractivity contribution >= 4 is 32.6 Å². The summed E-state index contributed by atoms with van der Waals surface area (Å²) in [6.45, 7) is 0. The van der Waals surface area contributed by atoms with Gasteiger partial charge in [0.25, 0.3) is 0 Å². The Morgan fingerprint density at radius 2 is 1.63 bits per heavy atom. The number of hydrogen-bond donors (Lipinski definition) is 1. The van der Waals surface area contributed by atoms with E-state index in [9.17, 15) is 21.6 Å². The summed E-state index contributed by atoms with van der Waals surface area (Å²) in [6, 6.07) is 13.2. The number of benzene rings is 2. The van der Waals surface area contributed by atoms with Crippen molar-refractivity contribution in [1.82, 2.24) is 9.78 Å². The summed E-state index contributed by atoms with van der Waals surface area (Å²) in [7, 11) is -3.90. The third-order valence-corrected chi connectivity index (χ3v) is 5.62. The third-order valence-electron chi connectivity index (χ3n) is 3.81. The van der Waals surface area contributed by atoms with Gasteiger partial charge in [-0.25, -0.2) is 18.2 Å². The van der Waals surface area contributed by atoms with Gasteiger partial charge in [0.05, 0.1) is 16.3 Å². The van der Waals surface area contributed by atoms with E-state index in [1.165, 1.54) is 24.3 Å². The Hall–Kier alpha value is -1.92. The van der Waals surface area contributed by atoms with Gasteiger partial charge in [-0.1, -0.05) is 46.9 Å². The molecule has 0 fully saturated rings. The van der Waals surface area contributed by atoms with Gasteiger partial charge in [-0.05, 0) is 35.9 Å². The highest BCUT2D eigenvalue weighted by atomic mass is 127. The number of nitrogens with two attached hydrogens (primary N) is 1. The normalized spacial score (nSPS) is 12.3. The average molecular weight is 507 g/mol. The van der Waals surface area contributed by atoms with Gasteiger partial charge >= 0.3 is 6.18 Å². The van der Waals surface area contributed by atoms with Crippen LogP contribution in [0.3, 0.4) is 0 Å². The Morgan fingerprint density at radius 1 is 1.04 bits per heavy atom. The van der Waals surface area contributed by atoms with Gasteiger partial charge in [0.1, 0.15) is 0 Å². The zero-order chi connectivity index (χ0) is 19.8. The van der Waals surface area contributed by atoms with Crippen molar-refractivity contribution in [2.45, 2.75) is 15.5 Å². The van der Waals surface area contributed by atoms with Crippen LogP contribution in [0.5, 0.6) is 0 Å². The molecule has 142 valence electrons. The van der Waals surface area contributed by atoms with E-state index < -0.39 is 21.9 Å². The summed E-state index contributed by atoms with van der Waals surface area (Å²) in [5.41, 5.74) is 1.09. The first-order valence-corrected chi connectivity index (χ1v) is 10.6. The van der Waals surface area contributed by atoms with Gasteiger partial charge < -0.3 is 0 Å². The monoisotopic (exact) mass is 507 g/mol. The van der Waals surface area contributed by atoms with Crippen molar-refractivity contribution in [3.8, 4) is 16.9 Å². The Kier molecular flexibility index (Phi) is 5.32. The second-order valence-electron chi connectivity index (χ2n) is 5.69. The van der Waals surface area contributed by atoms with Crippen molar-refractivity contribution in [3.63, 3.8) is 0 Å². The maximum Gasteiger partial charge on any atom is 0.435 e. The lowest BCUT2D eigenvalue weighted by Gasteiger charge is -2.09. The predicted molar refractivity (Wildman–Crippen MR) is 103 cm³/mol. The summed E-state index contributed by atoms with van der Waals surface area (Å²) in [6.07, 6.45) is -4.61. The van der Waals surface area contributed by atoms with Gasteiger partial charge in [-0.2, -0.15) is 18.3 Å². The lowest BCUT2D eigenvalue weighted by Crippen LogP contribution is -2.12. The maximum atomic E-state index is 13.2. The molecule has 0 atom stereocenters. The summed E-state index contributed by atoms with van der Waals surface area (Å²) < 4.78 is 64.2. The second kappa shape index (κ2) is 7.24. The number of halogens is 4. The molecule has 0 amide bonds. The molecule has 5 nitrogen and oxygen atoms in total. The van der Waals surface area contributed by atoms with E-state index in [1.807, 2.05) is 12.1 Å². The molecule has 0 bridgehead atoms. The van der Waals surface area contributed by atoms with Crippen LogP contribution in [0.2, 0.25) is 0 Å². The zero-order valence-corrected chi connectivity index (χ0v) is 16.6. The molecule has 3 rings (SSSR count). The quantitative estimate of drug-likeness (QED) is 0.426. The van der Waals surface area contributed by atoms with E-state index in [4.69, 9.17) is 5.14 Å². The zero-order valence-electron chi connectivity index (χ0n) is 13.6. The maximum absolute atomic E-state index is 13.2. The standard InChI is InChI=1S/C17H13F3IN3O2S/c18-17(19,20)16-9-15(12-3-1-11(10-21)2-4-12)24(23-16)13-5-7-14(8-6-13)27(22,25)26/h1-9H,10H2,(H2,22,25,26). The number of alkyl halides is 4. The van der Waals surface area contributed by atoms with Crippen LogP contribution in [0.25, 0.3) is 16.9 Å². The van der Waals surface area contributed by atoms with Crippen molar-refractivity contribution in [2.75, 3.05) is 0 Å². The minimum atomic E-state index is -4.61. The summed E-state index contributed by atoms with van der Waals surface area (Å²) in [5.74, 6) is 0. The molecular weight excluding hydrogens is 494 g/mol. The molecule has 1 aromatic heterocycles. The van der Waals surface area contributed by atoms with Crippen molar-refractivity contribution in [1.29, 1.82) is 0 Å². The summed E-state index contributed by atoms with van der Waals surface area (Å²) >= 11 is 2.19. The smallest absolute Gasteiger partial charge is 0.233 e. The van der Waals surface area contributed by atoms with E-state index in [0.717, 1.165) is 20.7 Å². The van der Waals surface area contributed by atoms with Crippen LogP contribution in [0.4, 0.5) is 13.2 Å². The highest BCUT2D eigenvalue weighted by Crippen LogP contribution is 2.33. The lowest BCUT2D eigenvalue weighted by molar-refractivity contribution is -0.141. The first-order valence-electron chi connectivity index (χ1n) is 7.55. The highest BCUT2D eigenvalue weighted by molar-refractivity contribution is 14.1. The number of rotatable bonds is 4. The molecule has 2 N–H and O–H groups in total. The Bertz CT molecular complexity index is 1060. The van der Waals surface area contributed by atoms with E-state index in [2.05, 4.69) is 27.7 Å². The fourth-order valence-electron chi connectivity index (χ4n) is 2.46. The molecule has 0 spiro atoms. The molecule has 0 radical (unpaired) electrons. The van der Waals surface area contributed by atoms with E-state index in [1.54, 1.807) is 12.1 Å².